The van der Waals surface area contributed by atoms with Gasteiger partial charge in [-0.1, -0.05) is 6.92 Å². The molecule has 0 aliphatic rings. The molecule has 0 aliphatic heterocycles. The lowest BCUT2D eigenvalue weighted by Crippen LogP contribution is -2.28. The Balaban J connectivity index is 3.71. The van der Waals surface area contributed by atoms with Gasteiger partial charge < -0.3 is 4.74 Å². The molecule has 0 unspecified atom stereocenters. The standard InChI is InChI=1S/C7H14INO2/c1-4-7(11-3)5-9(8)6(2)10/h7H,4-5H2,1-3H3/t7-/m0/s1. The fraction of sp³-hybridized carbons (Fsp3) is 0.857. The number of amides is 1. The molecule has 0 aromatic carbocycles. The van der Waals surface area contributed by atoms with Crippen molar-refractivity contribution in [1.82, 2.24) is 3.11 Å². The molecule has 0 bridgehead atoms. The van der Waals surface area contributed by atoms with Gasteiger partial charge in [-0.3, -0.25) is 7.91 Å². The Morgan fingerprint density at radius 3 is 2.55 bits per heavy atom. The first-order chi connectivity index (χ1) is 5.11. The van der Waals surface area contributed by atoms with Gasteiger partial charge in [0.15, 0.2) is 0 Å². The van der Waals surface area contributed by atoms with Crippen molar-refractivity contribution in [1.29, 1.82) is 0 Å². The highest BCUT2D eigenvalue weighted by Crippen LogP contribution is 2.05. The van der Waals surface area contributed by atoms with Crippen LogP contribution < -0.4 is 0 Å². The highest BCUT2D eigenvalue weighted by Gasteiger charge is 2.11. The van der Waals surface area contributed by atoms with Crippen LogP contribution >= 0.6 is 22.9 Å². The summed E-state index contributed by atoms with van der Waals surface area (Å²) >= 11 is 2.00. The Morgan fingerprint density at radius 1 is 1.73 bits per heavy atom. The number of rotatable bonds is 4. The maximum absolute atomic E-state index is 10.8. The molecule has 0 spiro atoms. The highest BCUT2D eigenvalue weighted by molar-refractivity contribution is 14.1. The molecule has 0 radical (unpaired) electrons. The molecule has 0 aliphatic carbocycles. The summed E-state index contributed by atoms with van der Waals surface area (Å²) in [7, 11) is 1.67. The summed E-state index contributed by atoms with van der Waals surface area (Å²) in [5.74, 6) is 0.0705. The fourth-order valence-corrected chi connectivity index (χ4v) is 1.12. The van der Waals surface area contributed by atoms with Crippen LogP contribution in [-0.4, -0.2) is 28.8 Å². The van der Waals surface area contributed by atoms with Gasteiger partial charge in [-0.15, -0.1) is 0 Å². The fourth-order valence-electron chi connectivity index (χ4n) is 0.678. The van der Waals surface area contributed by atoms with Crippen LogP contribution in [0.15, 0.2) is 0 Å². The molecule has 0 fully saturated rings. The van der Waals surface area contributed by atoms with E-state index >= 15 is 0 Å². The van der Waals surface area contributed by atoms with Crippen LogP contribution in [-0.2, 0) is 9.53 Å². The van der Waals surface area contributed by atoms with Crippen molar-refractivity contribution in [2.75, 3.05) is 13.7 Å². The minimum Gasteiger partial charge on any atom is -0.380 e. The van der Waals surface area contributed by atoms with E-state index in [9.17, 15) is 4.79 Å². The largest absolute Gasteiger partial charge is 0.380 e. The van der Waals surface area contributed by atoms with E-state index in [1.807, 2.05) is 29.8 Å². The Labute approximate surface area is 81.6 Å². The molecule has 3 nitrogen and oxygen atoms in total. The van der Waals surface area contributed by atoms with Crippen LogP contribution in [0.5, 0.6) is 0 Å². The van der Waals surface area contributed by atoms with Gasteiger partial charge in [-0.25, -0.2) is 0 Å². The number of methoxy groups -OCH3 is 1. The zero-order valence-corrected chi connectivity index (χ0v) is 9.29. The van der Waals surface area contributed by atoms with Crippen LogP contribution in [0.3, 0.4) is 0 Å². The Hall–Kier alpha value is 0.160. The maximum atomic E-state index is 10.8. The molecule has 1 atom stereocenters. The van der Waals surface area contributed by atoms with Gasteiger partial charge in [0, 0.05) is 14.0 Å². The summed E-state index contributed by atoms with van der Waals surface area (Å²) in [6.45, 7) is 4.26. The summed E-state index contributed by atoms with van der Waals surface area (Å²) in [4.78, 5) is 10.8. The van der Waals surface area contributed by atoms with Gasteiger partial charge in [-0.05, 0) is 6.42 Å². The van der Waals surface area contributed by atoms with Crippen molar-refractivity contribution in [3.63, 3.8) is 0 Å². The van der Waals surface area contributed by atoms with Crippen molar-refractivity contribution in [3.8, 4) is 0 Å². The van der Waals surface area contributed by atoms with Crippen LogP contribution in [0.25, 0.3) is 0 Å². The first-order valence-corrected chi connectivity index (χ1v) is 4.55. The smallest absolute Gasteiger partial charge is 0.228 e. The number of nitrogens with zero attached hydrogens (tertiary/aromatic N) is 1. The van der Waals surface area contributed by atoms with E-state index in [0.717, 1.165) is 6.42 Å². The Kier molecular flexibility index (Phi) is 5.85. The number of carbonyl (C=O) groups is 1. The number of carbonyl (C=O) groups excluding carboxylic acids is 1. The van der Waals surface area contributed by atoms with Gasteiger partial charge >= 0.3 is 0 Å². The molecule has 0 heterocycles. The van der Waals surface area contributed by atoms with E-state index in [1.165, 1.54) is 0 Å². The van der Waals surface area contributed by atoms with Crippen LogP contribution in [0.2, 0.25) is 0 Å². The molecule has 4 heteroatoms. The minimum atomic E-state index is 0.0705. The van der Waals surface area contributed by atoms with Gasteiger partial charge in [0.1, 0.15) is 0 Å². The first-order valence-electron chi connectivity index (χ1n) is 3.58. The van der Waals surface area contributed by atoms with Crippen molar-refractivity contribution in [3.05, 3.63) is 0 Å². The normalized spacial score (nSPS) is 12.7. The molecule has 11 heavy (non-hydrogen) atoms. The lowest BCUT2D eigenvalue weighted by molar-refractivity contribution is -0.123. The number of hydrogen-bond acceptors (Lipinski definition) is 2. The van der Waals surface area contributed by atoms with E-state index in [0.29, 0.717) is 6.54 Å². The maximum Gasteiger partial charge on any atom is 0.228 e. The predicted molar refractivity (Wildman–Crippen MR) is 52.5 cm³/mol. The molecular weight excluding hydrogens is 257 g/mol. The molecule has 0 rings (SSSR count). The minimum absolute atomic E-state index is 0.0705. The SMILES string of the molecule is CC[C@@H](CN(I)C(C)=O)OC. The van der Waals surface area contributed by atoms with Gasteiger partial charge in [-0.2, -0.15) is 0 Å². The zero-order chi connectivity index (χ0) is 8.85. The van der Waals surface area contributed by atoms with E-state index in [4.69, 9.17) is 4.74 Å². The van der Waals surface area contributed by atoms with Gasteiger partial charge in [0.05, 0.1) is 35.5 Å². The molecule has 66 valence electrons. The van der Waals surface area contributed by atoms with E-state index in [2.05, 4.69) is 0 Å². The monoisotopic (exact) mass is 271 g/mol. The van der Waals surface area contributed by atoms with Gasteiger partial charge in [0.25, 0.3) is 0 Å². The molecule has 0 saturated carbocycles. The van der Waals surface area contributed by atoms with E-state index < -0.39 is 0 Å². The molecule has 0 aromatic rings. The average Bonchev–Trinajstić information content (AvgIpc) is 1.99. The Bertz CT molecular complexity index is 126. The third-order valence-electron chi connectivity index (χ3n) is 1.49. The molecule has 0 aromatic heterocycles. The highest BCUT2D eigenvalue weighted by atomic mass is 127. The van der Waals surface area contributed by atoms with Crippen LogP contribution in [0.4, 0.5) is 0 Å². The zero-order valence-electron chi connectivity index (χ0n) is 7.13. The number of halogens is 1. The molecule has 0 N–H and O–H groups in total. The quantitative estimate of drug-likeness (QED) is 0.574. The summed E-state index contributed by atoms with van der Waals surface area (Å²) in [6, 6.07) is 0. The summed E-state index contributed by atoms with van der Waals surface area (Å²) in [6.07, 6.45) is 1.10. The van der Waals surface area contributed by atoms with E-state index in [-0.39, 0.29) is 12.0 Å². The van der Waals surface area contributed by atoms with Crippen molar-refractivity contribution in [2.24, 2.45) is 0 Å². The third-order valence-corrected chi connectivity index (χ3v) is 2.57. The summed E-state index contributed by atoms with van der Waals surface area (Å²) < 4.78 is 6.76. The van der Waals surface area contributed by atoms with Crippen molar-refractivity contribution >= 4 is 28.8 Å². The predicted octanol–water partition coefficient (Wildman–Crippen LogP) is 1.61. The summed E-state index contributed by atoms with van der Waals surface area (Å²) in [5, 5.41) is 0. The van der Waals surface area contributed by atoms with Crippen LogP contribution in [0.1, 0.15) is 20.3 Å². The van der Waals surface area contributed by atoms with Crippen LogP contribution in [0, 0.1) is 0 Å². The molecule has 1 amide bonds. The number of hydrogen-bond donors (Lipinski definition) is 0. The second-order valence-electron chi connectivity index (χ2n) is 2.33. The van der Waals surface area contributed by atoms with Crippen molar-refractivity contribution in [2.45, 2.75) is 26.4 Å². The van der Waals surface area contributed by atoms with E-state index in [1.54, 1.807) is 17.1 Å². The molecule has 0 saturated heterocycles. The lowest BCUT2D eigenvalue weighted by Gasteiger charge is -2.18. The van der Waals surface area contributed by atoms with Crippen molar-refractivity contribution < 1.29 is 9.53 Å². The summed E-state index contributed by atoms with van der Waals surface area (Å²) in [5.41, 5.74) is 0. The second-order valence-corrected chi connectivity index (χ2v) is 3.49. The molecular formula is C7H14INO2. The number of ether oxygens (including phenoxy) is 1. The second kappa shape index (κ2) is 5.77. The first kappa shape index (κ1) is 11.2. The Morgan fingerprint density at radius 2 is 2.27 bits per heavy atom. The third kappa shape index (κ3) is 4.58. The van der Waals surface area contributed by atoms with Gasteiger partial charge in [0.2, 0.25) is 5.91 Å². The lowest BCUT2D eigenvalue weighted by atomic mass is 10.3. The average molecular weight is 271 g/mol. The topological polar surface area (TPSA) is 29.5 Å².